The minimum atomic E-state index is 0.162. The van der Waals surface area contributed by atoms with E-state index in [1.165, 1.54) is 11.1 Å². The molecule has 0 amide bonds. The van der Waals surface area contributed by atoms with Crippen LogP contribution >= 0.6 is 0 Å². The van der Waals surface area contributed by atoms with Crippen molar-refractivity contribution in [2.24, 2.45) is 0 Å². The first kappa shape index (κ1) is 15.3. The number of benzene rings is 2. The van der Waals surface area contributed by atoms with Crippen molar-refractivity contribution in [2.75, 3.05) is 5.73 Å². The fraction of sp³-hybridized carbons (Fsp3) is 0.250. The van der Waals surface area contributed by atoms with E-state index >= 15 is 0 Å². The van der Waals surface area contributed by atoms with Crippen molar-refractivity contribution in [3.63, 3.8) is 0 Å². The minimum absolute atomic E-state index is 0.162. The van der Waals surface area contributed by atoms with Crippen LogP contribution in [0.15, 0.2) is 60.9 Å². The van der Waals surface area contributed by atoms with Crippen LogP contribution in [0.4, 0.5) is 5.69 Å². The highest BCUT2D eigenvalue weighted by molar-refractivity contribution is 5.56. The van der Waals surface area contributed by atoms with E-state index in [1.54, 1.807) is 0 Å². The zero-order valence-electron chi connectivity index (χ0n) is 14.0. The highest BCUT2D eigenvalue weighted by Gasteiger charge is 2.14. The lowest BCUT2D eigenvalue weighted by Gasteiger charge is -2.19. The molecule has 3 heteroatoms. The second-order valence-electron chi connectivity index (χ2n) is 6.95. The van der Waals surface area contributed by atoms with Gasteiger partial charge in [0.25, 0.3) is 0 Å². The van der Waals surface area contributed by atoms with Gasteiger partial charge in [0.15, 0.2) is 0 Å². The Morgan fingerprint density at radius 1 is 1.04 bits per heavy atom. The molecule has 0 saturated carbocycles. The van der Waals surface area contributed by atoms with Crippen molar-refractivity contribution in [2.45, 2.75) is 32.7 Å². The molecule has 23 heavy (non-hydrogen) atoms. The Morgan fingerprint density at radius 3 is 2.43 bits per heavy atom. The van der Waals surface area contributed by atoms with Crippen LogP contribution in [-0.4, -0.2) is 9.55 Å². The zero-order valence-corrected chi connectivity index (χ0v) is 14.0. The molecule has 0 atom stereocenters. The molecular formula is C20H23N3. The second kappa shape index (κ2) is 5.92. The predicted molar refractivity (Wildman–Crippen MR) is 96.3 cm³/mol. The van der Waals surface area contributed by atoms with Crippen molar-refractivity contribution >= 4 is 5.69 Å². The molecule has 0 radical (unpaired) electrons. The van der Waals surface area contributed by atoms with Crippen molar-refractivity contribution in [1.29, 1.82) is 0 Å². The summed E-state index contributed by atoms with van der Waals surface area (Å²) >= 11 is 0. The molecule has 0 fully saturated rings. The maximum Gasteiger partial charge on any atom is 0.140 e. The first-order valence-corrected chi connectivity index (χ1v) is 7.90. The van der Waals surface area contributed by atoms with Gasteiger partial charge in [0, 0.05) is 30.2 Å². The molecule has 0 unspecified atom stereocenters. The lowest BCUT2D eigenvalue weighted by Crippen LogP contribution is -2.10. The van der Waals surface area contributed by atoms with Crippen LogP contribution in [0.25, 0.3) is 11.4 Å². The molecule has 0 spiro atoms. The Kier molecular flexibility index (Phi) is 3.95. The topological polar surface area (TPSA) is 43.8 Å². The molecule has 1 heterocycles. The van der Waals surface area contributed by atoms with Gasteiger partial charge >= 0.3 is 0 Å². The Balaban J connectivity index is 1.89. The number of imidazole rings is 1. The fourth-order valence-corrected chi connectivity index (χ4v) is 2.70. The van der Waals surface area contributed by atoms with Crippen LogP contribution in [0.1, 0.15) is 31.9 Å². The Morgan fingerprint density at radius 2 is 1.78 bits per heavy atom. The van der Waals surface area contributed by atoms with Crippen LogP contribution in [0.3, 0.4) is 0 Å². The third-order valence-electron chi connectivity index (χ3n) is 4.03. The summed E-state index contributed by atoms with van der Waals surface area (Å²) in [5.74, 6) is 0.980. The third kappa shape index (κ3) is 3.45. The average Bonchev–Trinajstić information content (AvgIpc) is 2.94. The predicted octanol–water partition coefficient (Wildman–Crippen LogP) is 4.48. The number of nitrogens with two attached hydrogens (primary N) is 1. The van der Waals surface area contributed by atoms with Gasteiger partial charge < -0.3 is 10.3 Å². The first-order valence-electron chi connectivity index (χ1n) is 7.90. The minimum Gasteiger partial charge on any atom is -0.399 e. The van der Waals surface area contributed by atoms with E-state index in [0.717, 1.165) is 23.6 Å². The summed E-state index contributed by atoms with van der Waals surface area (Å²) in [6.07, 6.45) is 3.86. The van der Waals surface area contributed by atoms with Gasteiger partial charge in [-0.2, -0.15) is 0 Å². The second-order valence-corrected chi connectivity index (χ2v) is 6.95. The van der Waals surface area contributed by atoms with E-state index in [0.29, 0.717) is 0 Å². The molecule has 0 aliphatic rings. The summed E-state index contributed by atoms with van der Waals surface area (Å²) in [7, 11) is 0. The highest BCUT2D eigenvalue weighted by Crippen LogP contribution is 2.26. The summed E-state index contributed by atoms with van der Waals surface area (Å²) in [6.45, 7) is 7.44. The van der Waals surface area contributed by atoms with Crippen molar-refractivity contribution in [3.8, 4) is 11.4 Å². The number of nitrogens with zero attached hydrogens (tertiary/aromatic N) is 2. The van der Waals surface area contributed by atoms with Crippen molar-refractivity contribution in [1.82, 2.24) is 9.55 Å². The normalized spacial score (nSPS) is 11.6. The largest absolute Gasteiger partial charge is 0.399 e. The molecule has 0 saturated heterocycles. The highest BCUT2D eigenvalue weighted by atomic mass is 15.1. The number of hydrogen-bond acceptors (Lipinski definition) is 2. The molecule has 2 N–H and O–H groups in total. The van der Waals surface area contributed by atoms with Gasteiger partial charge in [-0.25, -0.2) is 4.98 Å². The van der Waals surface area contributed by atoms with Gasteiger partial charge in [0.05, 0.1) is 0 Å². The molecular weight excluding hydrogens is 282 g/mol. The van der Waals surface area contributed by atoms with Gasteiger partial charge in [-0.3, -0.25) is 0 Å². The van der Waals surface area contributed by atoms with Gasteiger partial charge in [-0.15, -0.1) is 0 Å². The summed E-state index contributed by atoms with van der Waals surface area (Å²) in [5, 5.41) is 0. The van der Waals surface area contributed by atoms with E-state index in [4.69, 9.17) is 5.73 Å². The van der Waals surface area contributed by atoms with E-state index < -0.39 is 0 Å². The number of rotatable bonds is 3. The number of anilines is 1. The van der Waals surface area contributed by atoms with Crippen molar-refractivity contribution in [3.05, 3.63) is 72.1 Å². The number of hydrogen-bond donors (Lipinski definition) is 1. The van der Waals surface area contributed by atoms with E-state index in [2.05, 4.69) is 60.7 Å². The fourth-order valence-electron chi connectivity index (χ4n) is 2.70. The average molecular weight is 305 g/mol. The smallest absolute Gasteiger partial charge is 0.140 e. The molecule has 3 nitrogen and oxygen atoms in total. The van der Waals surface area contributed by atoms with E-state index in [1.807, 2.05) is 30.6 Å². The first-order chi connectivity index (χ1) is 10.9. The van der Waals surface area contributed by atoms with Crippen LogP contribution in [0, 0.1) is 0 Å². The molecule has 3 rings (SSSR count). The van der Waals surface area contributed by atoms with Crippen LogP contribution < -0.4 is 5.73 Å². The molecule has 3 aromatic rings. The SMILES string of the molecule is CC(C)(C)c1ccc(-c2nccn2Cc2cccc(N)c2)cc1. The van der Waals surface area contributed by atoms with E-state index in [-0.39, 0.29) is 5.41 Å². The zero-order chi connectivity index (χ0) is 16.4. The van der Waals surface area contributed by atoms with Gasteiger partial charge in [-0.1, -0.05) is 57.2 Å². The summed E-state index contributed by atoms with van der Waals surface area (Å²) < 4.78 is 2.15. The Bertz CT molecular complexity index is 792. The van der Waals surface area contributed by atoms with Gasteiger partial charge in [0.2, 0.25) is 0 Å². The number of nitrogen functional groups attached to an aromatic ring is 1. The standard InChI is InChI=1S/C20H23N3/c1-20(2,3)17-9-7-16(8-10-17)19-22-11-12-23(19)14-15-5-4-6-18(21)13-15/h4-13H,14,21H2,1-3H3. The molecule has 1 aromatic heterocycles. The molecule has 2 aromatic carbocycles. The summed E-state index contributed by atoms with van der Waals surface area (Å²) in [6, 6.07) is 16.7. The van der Waals surface area contributed by atoms with Crippen LogP contribution in [-0.2, 0) is 12.0 Å². The monoisotopic (exact) mass is 305 g/mol. The third-order valence-corrected chi connectivity index (χ3v) is 4.03. The van der Waals surface area contributed by atoms with E-state index in [9.17, 15) is 0 Å². The summed E-state index contributed by atoms with van der Waals surface area (Å²) in [4.78, 5) is 4.53. The summed E-state index contributed by atoms with van der Waals surface area (Å²) in [5.41, 5.74) is 10.5. The number of aromatic nitrogens is 2. The Hall–Kier alpha value is -2.55. The Labute approximate surface area is 137 Å². The molecule has 0 aliphatic carbocycles. The molecule has 118 valence electrons. The molecule has 0 aliphatic heterocycles. The van der Waals surface area contributed by atoms with Crippen molar-refractivity contribution < 1.29 is 0 Å². The lowest BCUT2D eigenvalue weighted by atomic mass is 9.87. The van der Waals surface area contributed by atoms with Gasteiger partial charge in [0.1, 0.15) is 5.82 Å². The van der Waals surface area contributed by atoms with Crippen LogP contribution in [0.5, 0.6) is 0 Å². The maximum absolute atomic E-state index is 5.87. The van der Waals surface area contributed by atoms with Gasteiger partial charge in [-0.05, 0) is 28.7 Å². The lowest BCUT2D eigenvalue weighted by molar-refractivity contribution is 0.590. The maximum atomic E-state index is 5.87. The quantitative estimate of drug-likeness (QED) is 0.725. The van der Waals surface area contributed by atoms with Crippen LogP contribution in [0.2, 0.25) is 0 Å². The molecule has 0 bridgehead atoms.